The maximum atomic E-state index is 12.7. The van der Waals surface area contributed by atoms with E-state index < -0.39 is 0 Å². The van der Waals surface area contributed by atoms with E-state index in [-0.39, 0.29) is 11.9 Å². The third kappa shape index (κ3) is 2.76. The Labute approximate surface area is 142 Å². The standard InChI is InChI=1S/C19H22N4O/c1-15-18-8-5-10-21(18)12-13-22(15)14-19(24)23-11-9-17(20-23)16-6-3-2-4-7-16/h2-8,10,15H,9,11-14H2,1H3. The normalized spacial score (nSPS) is 20.8. The van der Waals surface area contributed by atoms with Crippen LogP contribution in [-0.2, 0) is 11.3 Å². The van der Waals surface area contributed by atoms with Gasteiger partial charge in [0.05, 0.1) is 18.8 Å². The fourth-order valence-corrected chi connectivity index (χ4v) is 3.57. The van der Waals surface area contributed by atoms with Crippen LogP contribution in [-0.4, -0.2) is 45.7 Å². The number of aromatic nitrogens is 1. The number of benzene rings is 1. The van der Waals surface area contributed by atoms with Crippen molar-refractivity contribution in [3.63, 3.8) is 0 Å². The van der Waals surface area contributed by atoms with Gasteiger partial charge in [-0.3, -0.25) is 9.69 Å². The minimum absolute atomic E-state index is 0.0905. The Kier molecular flexibility index (Phi) is 3.94. The van der Waals surface area contributed by atoms with E-state index in [1.54, 1.807) is 5.01 Å². The minimum Gasteiger partial charge on any atom is -0.349 e. The molecule has 2 aliphatic heterocycles. The molecule has 0 aliphatic carbocycles. The summed E-state index contributed by atoms with van der Waals surface area (Å²) >= 11 is 0. The topological polar surface area (TPSA) is 40.8 Å². The third-order valence-electron chi connectivity index (χ3n) is 5.00. The van der Waals surface area contributed by atoms with Gasteiger partial charge in [0, 0.05) is 37.4 Å². The number of nitrogens with zero attached hydrogens (tertiary/aromatic N) is 4. The molecule has 1 amide bonds. The van der Waals surface area contributed by atoms with Crippen LogP contribution >= 0.6 is 0 Å². The predicted molar refractivity (Wildman–Crippen MR) is 93.7 cm³/mol. The molecular formula is C19H22N4O. The lowest BCUT2D eigenvalue weighted by atomic mass is 10.1. The summed E-state index contributed by atoms with van der Waals surface area (Å²) in [6, 6.07) is 14.6. The molecule has 124 valence electrons. The van der Waals surface area contributed by atoms with Gasteiger partial charge >= 0.3 is 0 Å². The second-order valence-electron chi connectivity index (χ2n) is 6.45. The molecule has 0 spiro atoms. The largest absolute Gasteiger partial charge is 0.349 e. The summed E-state index contributed by atoms with van der Waals surface area (Å²) in [5, 5.41) is 6.19. The van der Waals surface area contributed by atoms with Crippen LogP contribution in [0.25, 0.3) is 0 Å². The molecule has 1 aromatic heterocycles. The molecule has 2 aliphatic rings. The second kappa shape index (κ2) is 6.24. The number of rotatable bonds is 3. The average molecular weight is 322 g/mol. The van der Waals surface area contributed by atoms with Gasteiger partial charge in [-0.2, -0.15) is 5.10 Å². The first-order chi connectivity index (χ1) is 11.7. The zero-order valence-electron chi connectivity index (χ0n) is 13.9. The lowest BCUT2D eigenvalue weighted by Crippen LogP contribution is -2.43. The number of carbonyl (C=O) groups excluding carboxylic acids is 1. The van der Waals surface area contributed by atoms with Crippen LogP contribution in [0.15, 0.2) is 53.8 Å². The zero-order chi connectivity index (χ0) is 16.5. The maximum absolute atomic E-state index is 12.7. The van der Waals surface area contributed by atoms with E-state index in [0.717, 1.165) is 30.8 Å². The molecule has 2 aromatic rings. The Balaban J connectivity index is 1.43. The maximum Gasteiger partial charge on any atom is 0.256 e. The van der Waals surface area contributed by atoms with E-state index >= 15 is 0 Å². The van der Waals surface area contributed by atoms with E-state index in [4.69, 9.17) is 0 Å². The van der Waals surface area contributed by atoms with Crippen molar-refractivity contribution in [2.45, 2.75) is 25.9 Å². The minimum atomic E-state index is 0.0905. The van der Waals surface area contributed by atoms with Crippen LogP contribution in [0.5, 0.6) is 0 Å². The zero-order valence-corrected chi connectivity index (χ0v) is 13.9. The van der Waals surface area contributed by atoms with Crippen LogP contribution in [0.4, 0.5) is 0 Å². The third-order valence-corrected chi connectivity index (χ3v) is 5.00. The summed E-state index contributed by atoms with van der Waals surface area (Å²) in [5.74, 6) is 0.0905. The molecule has 0 N–H and O–H groups in total. The van der Waals surface area contributed by atoms with Crippen molar-refractivity contribution in [3.05, 3.63) is 59.9 Å². The summed E-state index contributed by atoms with van der Waals surface area (Å²) in [5.41, 5.74) is 3.39. The Morgan fingerprint density at radius 3 is 2.79 bits per heavy atom. The van der Waals surface area contributed by atoms with Crippen molar-refractivity contribution in [2.75, 3.05) is 19.6 Å². The number of hydrazone groups is 1. The van der Waals surface area contributed by atoms with Gasteiger partial charge in [-0.05, 0) is 24.6 Å². The van der Waals surface area contributed by atoms with E-state index in [1.165, 1.54) is 5.69 Å². The van der Waals surface area contributed by atoms with Crippen molar-refractivity contribution in [1.29, 1.82) is 0 Å². The second-order valence-corrected chi connectivity index (χ2v) is 6.45. The highest BCUT2D eigenvalue weighted by atomic mass is 16.2. The number of hydrogen-bond acceptors (Lipinski definition) is 3. The Hall–Kier alpha value is -2.40. The molecule has 5 nitrogen and oxygen atoms in total. The van der Waals surface area contributed by atoms with Gasteiger partial charge in [0.15, 0.2) is 0 Å². The monoisotopic (exact) mass is 322 g/mol. The Morgan fingerprint density at radius 1 is 1.12 bits per heavy atom. The summed E-state index contributed by atoms with van der Waals surface area (Å²) in [6.07, 6.45) is 2.94. The van der Waals surface area contributed by atoms with Gasteiger partial charge < -0.3 is 4.57 Å². The predicted octanol–water partition coefficient (Wildman–Crippen LogP) is 2.50. The lowest BCUT2D eigenvalue weighted by Gasteiger charge is -2.34. The summed E-state index contributed by atoms with van der Waals surface area (Å²) in [6.45, 7) is 5.12. The van der Waals surface area contributed by atoms with Crippen molar-refractivity contribution < 1.29 is 4.79 Å². The van der Waals surface area contributed by atoms with E-state index in [0.29, 0.717) is 13.1 Å². The van der Waals surface area contributed by atoms with Gasteiger partial charge in [-0.15, -0.1) is 0 Å². The Bertz CT molecular complexity index is 765. The SMILES string of the molecule is CC1c2cccn2CCN1CC(=O)N1CCC(c2ccccc2)=N1. The van der Waals surface area contributed by atoms with Crippen molar-refractivity contribution in [2.24, 2.45) is 5.10 Å². The summed E-state index contributed by atoms with van der Waals surface area (Å²) < 4.78 is 2.27. The number of fused-ring (bicyclic) bond motifs is 1. The van der Waals surface area contributed by atoms with Gasteiger partial charge in [0.1, 0.15) is 0 Å². The molecular weight excluding hydrogens is 300 g/mol. The number of hydrogen-bond donors (Lipinski definition) is 0. The molecule has 5 heteroatoms. The first-order valence-electron chi connectivity index (χ1n) is 8.55. The average Bonchev–Trinajstić information content (AvgIpc) is 3.27. The molecule has 24 heavy (non-hydrogen) atoms. The molecule has 1 atom stereocenters. The van der Waals surface area contributed by atoms with Crippen LogP contribution in [0, 0.1) is 0 Å². The van der Waals surface area contributed by atoms with Gasteiger partial charge in [0.2, 0.25) is 0 Å². The number of carbonyl (C=O) groups is 1. The highest BCUT2D eigenvalue weighted by molar-refractivity contribution is 6.02. The Morgan fingerprint density at radius 2 is 1.96 bits per heavy atom. The molecule has 0 saturated carbocycles. The van der Waals surface area contributed by atoms with E-state index in [2.05, 4.69) is 39.8 Å². The van der Waals surface area contributed by atoms with Crippen molar-refractivity contribution >= 4 is 11.6 Å². The quantitative estimate of drug-likeness (QED) is 0.871. The van der Waals surface area contributed by atoms with Crippen LogP contribution in [0.2, 0.25) is 0 Å². The van der Waals surface area contributed by atoms with Crippen LogP contribution < -0.4 is 0 Å². The van der Waals surface area contributed by atoms with Crippen LogP contribution in [0.3, 0.4) is 0 Å². The van der Waals surface area contributed by atoms with E-state index in [9.17, 15) is 4.79 Å². The van der Waals surface area contributed by atoms with Crippen molar-refractivity contribution in [3.8, 4) is 0 Å². The molecule has 4 rings (SSSR count). The first-order valence-corrected chi connectivity index (χ1v) is 8.55. The lowest BCUT2D eigenvalue weighted by molar-refractivity contribution is -0.132. The summed E-state index contributed by atoms with van der Waals surface area (Å²) in [7, 11) is 0. The molecule has 0 radical (unpaired) electrons. The van der Waals surface area contributed by atoms with Crippen molar-refractivity contribution in [1.82, 2.24) is 14.5 Å². The molecule has 0 bridgehead atoms. The molecule has 1 aromatic carbocycles. The fraction of sp³-hybridized carbons (Fsp3) is 0.368. The molecule has 0 fully saturated rings. The van der Waals surface area contributed by atoms with Gasteiger partial charge in [0.25, 0.3) is 5.91 Å². The molecule has 1 unspecified atom stereocenters. The molecule has 0 saturated heterocycles. The van der Waals surface area contributed by atoms with E-state index in [1.807, 2.05) is 30.3 Å². The number of amides is 1. The van der Waals surface area contributed by atoms with Crippen LogP contribution in [0.1, 0.15) is 30.6 Å². The first kappa shape index (κ1) is 15.1. The smallest absolute Gasteiger partial charge is 0.256 e. The highest BCUT2D eigenvalue weighted by Gasteiger charge is 2.28. The fourth-order valence-electron chi connectivity index (χ4n) is 3.57. The van der Waals surface area contributed by atoms with Gasteiger partial charge in [-0.1, -0.05) is 30.3 Å². The molecule has 3 heterocycles. The van der Waals surface area contributed by atoms with Gasteiger partial charge in [-0.25, -0.2) is 5.01 Å². The summed E-state index contributed by atoms with van der Waals surface area (Å²) in [4.78, 5) is 14.9. The highest BCUT2D eigenvalue weighted by Crippen LogP contribution is 2.25.